The van der Waals surface area contributed by atoms with Gasteiger partial charge in [0.2, 0.25) is 5.91 Å². The van der Waals surface area contributed by atoms with E-state index in [9.17, 15) is 9.59 Å². The molecule has 0 bridgehead atoms. The van der Waals surface area contributed by atoms with Crippen LogP contribution in [0.1, 0.15) is 28.8 Å². The smallest absolute Gasteiger partial charge is 0.335 e. The molecule has 1 aliphatic carbocycles. The van der Waals surface area contributed by atoms with Crippen molar-refractivity contribution in [3.05, 3.63) is 35.4 Å². The zero-order valence-electron chi connectivity index (χ0n) is 8.77. The second-order valence-electron chi connectivity index (χ2n) is 3.98. The predicted molar refractivity (Wildman–Crippen MR) is 58.3 cm³/mol. The average Bonchev–Trinajstić information content (AvgIpc) is 3.02. The van der Waals surface area contributed by atoms with Crippen LogP contribution in [0.4, 0.5) is 0 Å². The van der Waals surface area contributed by atoms with Crippen LogP contribution in [-0.4, -0.2) is 23.0 Å². The molecule has 0 aromatic heterocycles. The van der Waals surface area contributed by atoms with Crippen LogP contribution in [0.25, 0.3) is 0 Å². The highest BCUT2D eigenvalue weighted by Crippen LogP contribution is 2.19. The minimum Gasteiger partial charge on any atom is -0.478 e. The first-order valence-electron chi connectivity index (χ1n) is 5.27. The molecule has 1 aliphatic rings. The molecule has 16 heavy (non-hydrogen) atoms. The number of benzene rings is 1. The molecule has 1 aromatic carbocycles. The molecular weight excluding hydrogens is 206 g/mol. The van der Waals surface area contributed by atoms with Gasteiger partial charge in [0.25, 0.3) is 0 Å². The molecule has 0 heterocycles. The number of hydrogen-bond acceptors (Lipinski definition) is 2. The van der Waals surface area contributed by atoms with E-state index in [1.54, 1.807) is 18.2 Å². The normalized spacial score (nSPS) is 14.5. The summed E-state index contributed by atoms with van der Waals surface area (Å²) in [7, 11) is 0. The molecule has 2 rings (SSSR count). The third kappa shape index (κ3) is 2.59. The molecule has 2 N–H and O–H groups in total. The van der Waals surface area contributed by atoms with E-state index in [2.05, 4.69) is 5.32 Å². The van der Waals surface area contributed by atoms with Crippen LogP contribution in [0.3, 0.4) is 0 Å². The molecule has 0 unspecified atom stereocenters. The lowest BCUT2D eigenvalue weighted by molar-refractivity contribution is -0.120. The summed E-state index contributed by atoms with van der Waals surface area (Å²) >= 11 is 0. The zero-order chi connectivity index (χ0) is 11.5. The van der Waals surface area contributed by atoms with E-state index in [0.717, 1.165) is 12.8 Å². The van der Waals surface area contributed by atoms with Crippen LogP contribution in [0.2, 0.25) is 0 Å². The summed E-state index contributed by atoms with van der Waals surface area (Å²) in [6.45, 7) is 0. The Labute approximate surface area is 93.3 Å². The van der Waals surface area contributed by atoms with Crippen LogP contribution >= 0.6 is 0 Å². The largest absolute Gasteiger partial charge is 0.478 e. The van der Waals surface area contributed by atoms with E-state index in [0.29, 0.717) is 11.6 Å². The Morgan fingerprint density at radius 3 is 2.62 bits per heavy atom. The lowest BCUT2D eigenvalue weighted by Gasteiger charge is -2.06. The second-order valence-corrected chi connectivity index (χ2v) is 3.98. The quantitative estimate of drug-likeness (QED) is 0.799. The number of hydrogen-bond donors (Lipinski definition) is 2. The van der Waals surface area contributed by atoms with Gasteiger partial charge < -0.3 is 10.4 Å². The van der Waals surface area contributed by atoms with Gasteiger partial charge in [0.05, 0.1) is 12.0 Å². The van der Waals surface area contributed by atoms with E-state index in [1.807, 2.05) is 0 Å². The number of aromatic carboxylic acids is 1. The highest BCUT2D eigenvalue weighted by atomic mass is 16.4. The molecule has 0 aliphatic heterocycles. The Morgan fingerprint density at radius 1 is 1.31 bits per heavy atom. The van der Waals surface area contributed by atoms with Crippen LogP contribution in [0.15, 0.2) is 24.3 Å². The molecule has 4 nitrogen and oxygen atoms in total. The fraction of sp³-hybridized carbons (Fsp3) is 0.333. The lowest BCUT2D eigenvalue weighted by atomic mass is 10.0. The first-order chi connectivity index (χ1) is 7.66. The van der Waals surface area contributed by atoms with Crippen molar-refractivity contribution in [1.82, 2.24) is 5.32 Å². The molecule has 0 radical (unpaired) electrons. The number of carbonyl (C=O) groups is 2. The van der Waals surface area contributed by atoms with Crippen molar-refractivity contribution in [3.63, 3.8) is 0 Å². The maximum atomic E-state index is 11.5. The molecular formula is C12H13NO3. The zero-order valence-corrected chi connectivity index (χ0v) is 8.77. The Hall–Kier alpha value is -1.84. The van der Waals surface area contributed by atoms with Gasteiger partial charge in [-0.2, -0.15) is 0 Å². The van der Waals surface area contributed by atoms with Gasteiger partial charge in [-0.1, -0.05) is 18.2 Å². The summed E-state index contributed by atoms with van der Waals surface area (Å²) < 4.78 is 0. The third-order valence-corrected chi connectivity index (χ3v) is 2.54. The number of carboxylic acids is 1. The van der Waals surface area contributed by atoms with Gasteiger partial charge in [-0.05, 0) is 24.5 Å². The van der Waals surface area contributed by atoms with Crippen molar-refractivity contribution in [1.29, 1.82) is 0 Å². The van der Waals surface area contributed by atoms with E-state index >= 15 is 0 Å². The van der Waals surface area contributed by atoms with Gasteiger partial charge in [0.1, 0.15) is 0 Å². The van der Waals surface area contributed by atoms with E-state index in [-0.39, 0.29) is 17.9 Å². The van der Waals surface area contributed by atoms with Crippen LogP contribution in [0.5, 0.6) is 0 Å². The Bertz CT molecular complexity index is 424. The van der Waals surface area contributed by atoms with Crippen molar-refractivity contribution in [2.75, 3.05) is 0 Å². The Morgan fingerprint density at radius 2 is 2.00 bits per heavy atom. The van der Waals surface area contributed by atoms with Gasteiger partial charge in [0.15, 0.2) is 0 Å². The standard InChI is InChI=1S/C12H13NO3/c14-11(13-9-5-6-9)7-8-3-1-2-4-10(8)12(15)16/h1-4,9H,5-7H2,(H,13,14)(H,15,16). The van der Waals surface area contributed by atoms with Crippen molar-refractivity contribution >= 4 is 11.9 Å². The number of amides is 1. The molecule has 4 heteroatoms. The number of nitrogens with one attached hydrogen (secondary N) is 1. The predicted octanol–water partition coefficient (Wildman–Crippen LogP) is 1.21. The molecule has 0 atom stereocenters. The third-order valence-electron chi connectivity index (χ3n) is 2.54. The summed E-state index contributed by atoms with van der Waals surface area (Å²) in [6.07, 6.45) is 2.21. The molecule has 1 saturated carbocycles. The summed E-state index contributed by atoms with van der Waals surface area (Å²) in [5, 5.41) is 11.8. The van der Waals surface area contributed by atoms with Crippen molar-refractivity contribution < 1.29 is 14.7 Å². The molecule has 1 aromatic rings. The molecule has 0 saturated heterocycles. The number of carbonyl (C=O) groups excluding carboxylic acids is 1. The first-order valence-corrected chi connectivity index (χ1v) is 5.27. The van der Waals surface area contributed by atoms with Gasteiger partial charge in [0, 0.05) is 6.04 Å². The lowest BCUT2D eigenvalue weighted by Crippen LogP contribution is -2.27. The van der Waals surface area contributed by atoms with Gasteiger partial charge in [-0.3, -0.25) is 4.79 Å². The molecule has 84 valence electrons. The second kappa shape index (κ2) is 4.35. The minimum absolute atomic E-state index is 0.101. The first kappa shape index (κ1) is 10.7. The maximum Gasteiger partial charge on any atom is 0.335 e. The van der Waals surface area contributed by atoms with E-state index in [4.69, 9.17) is 5.11 Å². The topological polar surface area (TPSA) is 66.4 Å². The molecule has 0 spiro atoms. The van der Waals surface area contributed by atoms with Gasteiger partial charge in [-0.15, -0.1) is 0 Å². The van der Waals surface area contributed by atoms with Gasteiger partial charge in [-0.25, -0.2) is 4.79 Å². The summed E-state index contributed by atoms with van der Waals surface area (Å²) in [6, 6.07) is 6.90. The van der Waals surface area contributed by atoms with Gasteiger partial charge >= 0.3 is 5.97 Å². The van der Waals surface area contributed by atoms with Crippen LogP contribution in [-0.2, 0) is 11.2 Å². The minimum atomic E-state index is -0.991. The van der Waals surface area contributed by atoms with Crippen molar-refractivity contribution in [2.24, 2.45) is 0 Å². The van der Waals surface area contributed by atoms with Crippen LogP contribution in [0, 0.1) is 0 Å². The van der Waals surface area contributed by atoms with E-state index in [1.165, 1.54) is 6.07 Å². The molecule has 1 fully saturated rings. The summed E-state index contributed by atoms with van der Waals surface area (Å²) in [5.41, 5.74) is 0.765. The molecule has 1 amide bonds. The van der Waals surface area contributed by atoms with Crippen molar-refractivity contribution in [3.8, 4) is 0 Å². The maximum absolute atomic E-state index is 11.5. The van der Waals surface area contributed by atoms with E-state index < -0.39 is 5.97 Å². The fourth-order valence-corrected chi connectivity index (χ4v) is 1.56. The highest BCUT2D eigenvalue weighted by Gasteiger charge is 2.23. The highest BCUT2D eigenvalue weighted by molar-refractivity contribution is 5.91. The average molecular weight is 219 g/mol. The Kier molecular flexibility index (Phi) is 2.90. The SMILES string of the molecule is O=C(Cc1ccccc1C(=O)O)NC1CC1. The summed E-state index contributed by atoms with van der Waals surface area (Å²) in [4.78, 5) is 22.4. The number of rotatable bonds is 4. The number of carboxylic acid groups (broad SMARTS) is 1. The van der Waals surface area contributed by atoms with Crippen molar-refractivity contribution in [2.45, 2.75) is 25.3 Å². The fourth-order valence-electron chi connectivity index (χ4n) is 1.56. The summed E-state index contributed by atoms with van der Waals surface area (Å²) in [5.74, 6) is -1.09. The van der Waals surface area contributed by atoms with Crippen LogP contribution < -0.4 is 5.32 Å². The monoisotopic (exact) mass is 219 g/mol. The Balaban J connectivity index is 2.07.